The molecule has 5 heteroatoms. The summed E-state index contributed by atoms with van der Waals surface area (Å²) in [5.74, 6) is -0.0950. The van der Waals surface area contributed by atoms with E-state index >= 15 is 0 Å². The fraction of sp³-hybridized carbons (Fsp3) is 0.250. The fourth-order valence-corrected chi connectivity index (χ4v) is 2.17. The van der Waals surface area contributed by atoms with Gasteiger partial charge >= 0.3 is 5.97 Å². The molecule has 1 N–H and O–H groups in total. The van der Waals surface area contributed by atoms with Crippen molar-refractivity contribution < 1.29 is 14.3 Å². The second-order valence-electron chi connectivity index (χ2n) is 5.58. The average Bonchev–Trinajstić information content (AvgIpc) is 2.63. The molecule has 130 valence electrons. The first-order valence-corrected chi connectivity index (χ1v) is 8.38. The van der Waals surface area contributed by atoms with Gasteiger partial charge in [0, 0.05) is 6.42 Å². The first kappa shape index (κ1) is 18.4. The normalized spacial score (nSPS) is 10.6. The molecule has 25 heavy (non-hydrogen) atoms. The minimum atomic E-state index is -0.418. The molecule has 0 saturated heterocycles. The SMILES string of the molecule is CCCCCC(=O)NN=Cc1cccc(OC(=O)c2ccccc2)c1. The summed E-state index contributed by atoms with van der Waals surface area (Å²) in [6.45, 7) is 2.09. The summed E-state index contributed by atoms with van der Waals surface area (Å²) < 4.78 is 5.35. The zero-order valence-corrected chi connectivity index (χ0v) is 14.3. The number of ether oxygens (including phenoxy) is 1. The highest BCUT2D eigenvalue weighted by Crippen LogP contribution is 2.14. The number of hydrogen-bond donors (Lipinski definition) is 1. The van der Waals surface area contributed by atoms with E-state index in [0.29, 0.717) is 17.7 Å². The van der Waals surface area contributed by atoms with Crippen molar-refractivity contribution in [1.82, 2.24) is 5.43 Å². The minimum Gasteiger partial charge on any atom is -0.423 e. The van der Waals surface area contributed by atoms with E-state index in [1.807, 2.05) is 12.1 Å². The van der Waals surface area contributed by atoms with Gasteiger partial charge < -0.3 is 4.74 Å². The molecule has 0 unspecified atom stereocenters. The molecule has 2 rings (SSSR count). The van der Waals surface area contributed by atoms with Crippen molar-refractivity contribution in [3.8, 4) is 5.75 Å². The van der Waals surface area contributed by atoms with E-state index in [9.17, 15) is 9.59 Å². The van der Waals surface area contributed by atoms with Crippen molar-refractivity contribution in [2.24, 2.45) is 5.10 Å². The van der Waals surface area contributed by atoms with Crippen LogP contribution in [0.25, 0.3) is 0 Å². The predicted molar refractivity (Wildman–Crippen MR) is 97.7 cm³/mol. The first-order valence-electron chi connectivity index (χ1n) is 8.38. The molecule has 0 aromatic heterocycles. The highest BCUT2D eigenvalue weighted by molar-refractivity contribution is 5.91. The molecule has 0 fully saturated rings. The second kappa shape index (κ2) is 10.0. The third kappa shape index (κ3) is 6.59. The summed E-state index contributed by atoms with van der Waals surface area (Å²) in [7, 11) is 0. The van der Waals surface area contributed by atoms with Crippen LogP contribution in [0.5, 0.6) is 5.75 Å². The Hall–Kier alpha value is -2.95. The van der Waals surface area contributed by atoms with Crippen LogP contribution in [0.15, 0.2) is 59.7 Å². The lowest BCUT2D eigenvalue weighted by Gasteiger charge is -2.05. The van der Waals surface area contributed by atoms with Crippen LogP contribution in [0, 0.1) is 0 Å². The molecule has 0 aliphatic rings. The molecular formula is C20H22N2O3. The summed E-state index contributed by atoms with van der Waals surface area (Å²) in [6.07, 6.45) is 4.97. The molecule has 0 heterocycles. The molecule has 0 aliphatic heterocycles. The molecule has 5 nitrogen and oxygen atoms in total. The summed E-state index contributed by atoms with van der Waals surface area (Å²) >= 11 is 0. The molecule has 1 amide bonds. The van der Waals surface area contributed by atoms with Gasteiger partial charge in [-0.05, 0) is 36.2 Å². The van der Waals surface area contributed by atoms with E-state index in [2.05, 4.69) is 17.5 Å². The molecule has 0 saturated carbocycles. The van der Waals surface area contributed by atoms with Crippen LogP contribution < -0.4 is 10.2 Å². The van der Waals surface area contributed by atoms with Crippen LogP contribution in [0.1, 0.15) is 48.5 Å². The van der Waals surface area contributed by atoms with Crippen molar-refractivity contribution in [1.29, 1.82) is 0 Å². The zero-order chi connectivity index (χ0) is 17.9. The Morgan fingerprint density at radius 2 is 1.88 bits per heavy atom. The van der Waals surface area contributed by atoms with Crippen LogP contribution in [-0.4, -0.2) is 18.1 Å². The summed E-state index contributed by atoms with van der Waals surface area (Å²) in [5.41, 5.74) is 3.71. The Labute approximate surface area is 147 Å². The monoisotopic (exact) mass is 338 g/mol. The van der Waals surface area contributed by atoms with Gasteiger partial charge in [0.15, 0.2) is 0 Å². The van der Waals surface area contributed by atoms with Crippen LogP contribution >= 0.6 is 0 Å². The maximum absolute atomic E-state index is 12.0. The quantitative estimate of drug-likeness (QED) is 0.261. The first-order chi connectivity index (χ1) is 12.2. The summed E-state index contributed by atoms with van der Waals surface area (Å²) in [5, 5.41) is 3.93. The van der Waals surface area contributed by atoms with Gasteiger partial charge in [-0.2, -0.15) is 5.10 Å². The van der Waals surface area contributed by atoms with Gasteiger partial charge in [-0.3, -0.25) is 4.79 Å². The third-order valence-electron chi connectivity index (χ3n) is 3.49. The van der Waals surface area contributed by atoms with Crippen molar-refractivity contribution >= 4 is 18.1 Å². The van der Waals surface area contributed by atoms with E-state index in [-0.39, 0.29) is 5.91 Å². The number of esters is 1. The van der Waals surface area contributed by atoms with Crippen molar-refractivity contribution in [3.05, 3.63) is 65.7 Å². The van der Waals surface area contributed by atoms with Crippen LogP contribution in [0.4, 0.5) is 0 Å². The Morgan fingerprint density at radius 3 is 2.64 bits per heavy atom. The Morgan fingerprint density at radius 1 is 1.08 bits per heavy atom. The topological polar surface area (TPSA) is 67.8 Å². The molecule has 0 radical (unpaired) electrons. The van der Waals surface area contributed by atoms with Crippen LogP contribution in [0.2, 0.25) is 0 Å². The number of amides is 1. The number of hydrogen-bond acceptors (Lipinski definition) is 4. The highest BCUT2D eigenvalue weighted by atomic mass is 16.5. The van der Waals surface area contributed by atoms with Crippen LogP contribution in [0.3, 0.4) is 0 Å². The van der Waals surface area contributed by atoms with Crippen molar-refractivity contribution in [3.63, 3.8) is 0 Å². The van der Waals surface area contributed by atoms with E-state index < -0.39 is 5.97 Å². The number of benzene rings is 2. The summed E-state index contributed by atoms with van der Waals surface area (Å²) in [6, 6.07) is 15.7. The fourth-order valence-electron chi connectivity index (χ4n) is 2.17. The molecule has 0 atom stereocenters. The van der Waals surface area contributed by atoms with Crippen LogP contribution in [-0.2, 0) is 4.79 Å². The van der Waals surface area contributed by atoms with E-state index in [1.54, 1.807) is 42.5 Å². The number of carbonyl (C=O) groups is 2. The molecule has 2 aromatic rings. The predicted octanol–water partition coefficient (Wildman–Crippen LogP) is 3.94. The number of unbranched alkanes of at least 4 members (excludes halogenated alkanes) is 2. The number of hydrazone groups is 1. The molecular weight excluding hydrogens is 316 g/mol. The van der Waals surface area contributed by atoms with Crippen molar-refractivity contribution in [2.75, 3.05) is 0 Å². The minimum absolute atomic E-state index is 0.101. The second-order valence-corrected chi connectivity index (χ2v) is 5.58. The number of nitrogens with one attached hydrogen (secondary N) is 1. The molecule has 0 aliphatic carbocycles. The van der Waals surface area contributed by atoms with Gasteiger partial charge in [-0.25, -0.2) is 10.2 Å². The summed E-state index contributed by atoms with van der Waals surface area (Å²) in [4.78, 5) is 23.6. The lowest BCUT2D eigenvalue weighted by Crippen LogP contribution is -2.16. The largest absolute Gasteiger partial charge is 0.423 e. The lowest BCUT2D eigenvalue weighted by molar-refractivity contribution is -0.121. The van der Waals surface area contributed by atoms with Gasteiger partial charge in [0.25, 0.3) is 0 Å². The highest BCUT2D eigenvalue weighted by Gasteiger charge is 2.07. The van der Waals surface area contributed by atoms with Gasteiger partial charge in [0.05, 0.1) is 11.8 Å². The van der Waals surface area contributed by atoms with Gasteiger partial charge in [0.2, 0.25) is 5.91 Å². The molecule has 0 bridgehead atoms. The standard InChI is InChI=1S/C20H22N2O3/c1-2-3-5-13-19(23)22-21-15-16-9-8-12-18(14-16)25-20(24)17-10-6-4-7-11-17/h4,6-12,14-15H,2-3,5,13H2,1H3,(H,22,23). The smallest absolute Gasteiger partial charge is 0.343 e. The Kier molecular flexibility index (Phi) is 7.38. The number of nitrogens with zero attached hydrogens (tertiary/aromatic N) is 1. The van der Waals surface area contributed by atoms with E-state index in [4.69, 9.17) is 4.74 Å². The zero-order valence-electron chi connectivity index (χ0n) is 14.3. The molecule has 0 spiro atoms. The third-order valence-corrected chi connectivity index (χ3v) is 3.49. The maximum atomic E-state index is 12.0. The van der Waals surface area contributed by atoms with E-state index in [1.165, 1.54) is 6.21 Å². The van der Waals surface area contributed by atoms with Gasteiger partial charge in [-0.1, -0.05) is 50.1 Å². The Bertz CT molecular complexity index is 727. The van der Waals surface area contributed by atoms with E-state index in [0.717, 1.165) is 24.8 Å². The lowest BCUT2D eigenvalue weighted by atomic mass is 10.2. The average molecular weight is 338 g/mol. The molecule has 2 aromatic carbocycles. The number of rotatable bonds is 8. The Balaban J connectivity index is 1.89. The number of carbonyl (C=O) groups excluding carboxylic acids is 2. The van der Waals surface area contributed by atoms with Gasteiger partial charge in [-0.15, -0.1) is 0 Å². The maximum Gasteiger partial charge on any atom is 0.343 e. The van der Waals surface area contributed by atoms with Crippen molar-refractivity contribution in [2.45, 2.75) is 32.6 Å². The van der Waals surface area contributed by atoms with Gasteiger partial charge in [0.1, 0.15) is 5.75 Å².